The molecule has 0 unspecified atom stereocenters. The van der Waals surface area contributed by atoms with Crippen LogP contribution in [0.1, 0.15) is 38.9 Å². The molecule has 0 bridgehead atoms. The van der Waals surface area contributed by atoms with Crippen LogP contribution in [0.3, 0.4) is 0 Å². The van der Waals surface area contributed by atoms with Gasteiger partial charge in [0.2, 0.25) is 5.91 Å². The summed E-state index contributed by atoms with van der Waals surface area (Å²) in [6, 6.07) is -0.469. The van der Waals surface area contributed by atoms with Gasteiger partial charge in [0, 0.05) is 25.2 Å². The van der Waals surface area contributed by atoms with Crippen LogP contribution in [0.15, 0.2) is 6.20 Å². The van der Waals surface area contributed by atoms with E-state index < -0.39 is 12.1 Å². The number of aromatic amines is 1. The van der Waals surface area contributed by atoms with E-state index >= 15 is 0 Å². The first-order chi connectivity index (χ1) is 11.4. The van der Waals surface area contributed by atoms with E-state index in [0.29, 0.717) is 13.0 Å². The summed E-state index contributed by atoms with van der Waals surface area (Å²) in [5.41, 5.74) is 0. The summed E-state index contributed by atoms with van der Waals surface area (Å²) < 4.78 is 5.58. The number of carbonyl (C=O) groups excluding carboxylic acids is 2. The van der Waals surface area contributed by atoms with Crippen molar-refractivity contribution in [3.05, 3.63) is 15.7 Å². The number of likely N-dealkylation sites (tertiary alicyclic amines) is 1. The Morgan fingerprint density at radius 3 is 2.83 bits per heavy atom. The molecule has 1 aliphatic rings. The van der Waals surface area contributed by atoms with Crippen LogP contribution in [0.4, 0.5) is 4.79 Å². The minimum atomic E-state index is -0.574. The highest BCUT2D eigenvalue weighted by molar-refractivity contribution is 14.1. The second-order valence-electron chi connectivity index (χ2n) is 6.41. The molecule has 134 valence electrons. The van der Waals surface area contributed by atoms with Crippen LogP contribution in [-0.2, 0) is 16.0 Å². The maximum atomic E-state index is 13.0. The SMILES string of the molecule is COC(=O)N[C@H](C(=O)N1CCCC[C@H]1Cc1nc(I)c[nH]1)C(C)C. The summed E-state index contributed by atoms with van der Waals surface area (Å²) in [4.78, 5) is 34.1. The normalized spacial score (nSPS) is 19.2. The van der Waals surface area contributed by atoms with Crippen LogP contribution in [0.25, 0.3) is 0 Å². The fourth-order valence-electron chi connectivity index (χ4n) is 3.05. The maximum Gasteiger partial charge on any atom is 0.407 e. The highest BCUT2D eigenvalue weighted by Crippen LogP contribution is 2.22. The molecular formula is C16H25IN4O3. The first kappa shape index (κ1) is 19.0. The predicted molar refractivity (Wildman–Crippen MR) is 98.5 cm³/mol. The fourth-order valence-corrected chi connectivity index (χ4v) is 3.49. The highest BCUT2D eigenvalue weighted by Gasteiger charge is 2.34. The van der Waals surface area contributed by atoms with Crippen molar-refractivity contribution in [2.45, 2.75) is 51.6 Å². The number of carbonyl (C=O) groups is 2. The molecule has 2 N–H and O–H groups in total. The van der Waals surface area contributed by atoms with E-state index in [1.54, 1.807) is 0 Å². The van der Waals surface area contributed by atoms with Gasteiger partial charge in [-0.3, -0.25) is 4.79 Å². The minimum Gasteiger partial charge on any atom is -0.453 e. The smallest absolute Gasteiger partial charge is 0.407 e. The number of hydrogen-bond acceptors (Lipinski definition) is 4. The zero-order chi connectivity index (χ0) is 17.7. The molecule has 1 fully saturated rings. The van der Waals surface area contributed by atoms with E-state index in [1.165, 1.54) is 7.11 Å². The third kappa shape index (κ3) is 4.84. The van der Waals surface area contributed by atoms with Crippen molar-refractivity contribution in [2.75, 3.05) is 13.7 Å². The van der Waals surface area contributed by atoms with Gasteiger partial charge in [0.15, 0.2) is 0 Å². The predicted octanol–water partition coefficient (Wildman–Crippen LogP) is 2.32. The number of halogens is 1. The molecule has 1 saturated heterocycles. The topological polar surface area (TPSA) is 87.3 Å². The third-order valence-corrected chi connectivity index (χ3v) is 4.88. The molecule has 2 amide bonds. The number of ether oxygens (including phenoxy) is 1. The summed E-state index contributed by atoms with van der Waals surface area (Å²) in [5, 5.41) is 2.67. The van der Waals surface area contributed by atoms with E-state index in [-0.39, 0.29) is 17.9 Å². The van der Waals surface area contributed by atoms with Crippen LogP contribution in [0, 0.1) is 9.62 Å². The lowest BCUT2D eigenvalue weighted by Crippen LogP contribution is -2.55. The van der Waals surface area contributed by atoms with Crippen molar-refractivity contribution in [2.24, 2.45) is 5.92 Å². The lowest BCUT2D eigenvalue weighted by molar-refractivity contribution is -0.138. The van der Waals surface area contributed by atoms with E-state index in [0.717, 1.165) is 28.8 Å². The molecule has 24 heavy (non-hydrogen) atoms. The quantitative estimate of drug-likeness (QED) is 0.677. The average molecular weight is 448 g/mol. The number of aromatic nitrogens is 2. The van der Waals surface area contributed by atoms with Crippen molar-refractivity contribution >= 4 is 34.6 Å². The molecule has 0 radical (unpaired) electrons. The molecule has 1 aliphatic heterocycles. The molecule has 1 aromatic heterocycles. The number of alkyl carbamates (subject to hydrolysis) is 1. The van der Waals surface area contributed by atoms with Crippen molar-refractivity contribution in [3.63, 3.8) is 0 Å². The van der Waals surface area contributed by atoms with Gasteiger partial charge in [0.05, 0.1) is 7.11 Å². The standard InChI is InChI=1S/C16H25IN4O3/c1-10(2)14(20-16(23)24-3)15(22)21-7-5-4-6-11(21)8-13-18-9-12(17)19-13/h9-11,14H,4-8H2,1-3H3,(H,18,19)(H,20,23)/t11-,14-/m0/s1. The van der Waals surface area contributed by atoms with Crippen molar-refractivity contribution < 1.29 is 14.3 Å². The van der Waals surface area contributed by atoms with Crippen molar-refractivity contribution in [3.8, 4) is 0 Å². The van der Waals surface area contributed by atoms with Gasteiger partial charge in [0.1, 0.15) is 15.6 Å². The summed E-state index contributed by atoms with van der Waals surface area (Å²) in [6.07, 6.45) is 5.03. The van der Waals surface area contributed by atoms with Gasteiger partial charge < -0.3 is 19.9 Å². The van der Waals surface area contributed by atoms with Gasteiger partial charge in [-0.1, -0.05) is 13.8 Å². The first-order valence-corrected chi connectivity index (χ1v) is 9.35. The summed E-state index contributed by atoms with van der Waals surface area (Å²) >= 11 is 2.17. The largest absolute Gasteiger partial charge is 0.453 e. The fraction of sp³-hybridized carbons (Fsp3) is 0.688. The van der Waals surface area contributed by atoms with E-state index in [1.807, 2.05) is 24.9 Å². The van der Waals surface area contributed by atoms with Crippen LogP contribution >= 0.6 is 22.6 Å². The van der Waals surface area contributed by atoms with Gasteiger partial charge in [-0.05, 0) is 47.8 Å². The van der Waals surface area contributed by atoms with Crippen LogP contribution in [-0.4, -0.2) is 52.6 Å². The Balaban J connectivity index is 2.11. The number of nitrogens with zero attached hydrogens (tertiary/aromatic N) is 2. The number of rotatable bonds is 5. The van der Waals surface area contributed by atoms with E-state index in [4.69, 9.17) is 0 Å². The number of imidazole rings is 1. The second kappa shape index (κ2) is 8.68. The Morgan fingerprint density at radius 1 is 1.50 bits per heavy atom. The number of nitrogens with one attached hydrogen (secondary N) is 2. The molecule has 2 heterocycles. The zero-order valence-corrected chi connectivity index (χ0v) is 16.5. The van der Waals surface area contributed by atoms with Gasteiger partial charge in [-0.15, -0.1) is 0 Å². The molecule has 0 spiro atoms. The molecule has 7 nitrogen and oxygen atoms in total. The molecule has 1 aromatic rings. The lowest BCUT2D eigenvalue weighted by atomic mass is 9.95. The Morgan fingerprint density at radius 2 is 2.25 bits per heavy atom. The molecule has 0 aliphatic carbocycles. The Labute approximate surface area is 156 Å². The molecule has 2 rings (SSSR count). The number of amides is 2. The average Bonchev–Trinajstić information content (AvgIpc) is 2.97. The number of methoxy groups -OCH3 is 1. The van der Waals surface area contributed by atoms with Gasteiger partial charge in [0.25, 0.3) is 0 Å². The Hall–Kier alpha value is -1.32. The molecule has 0 aromatic carbocycles. The highest BCUT2D eigenvalue weighted by atomic mass is 127. The van der Waals surface area contributed by atoms with Gasteiger partial charge >= 0.3 is 6.09 Å². The van der Waals surface area contributed by atoms with Crippen LogP contribution < -0.4 is 5.32 Å². The van der Waals surface area contributed by atoms with Crippen molar-refractivity contribution in [1.82, 2.24) is 20.2 Å². The molecule has 8 heteroatoms. The minimum absolute atomic E-state index is 0.0104. The summed E-state index contributed by atoms with van der Waals surface area (Å²) in [5.74, 6) is 0.844. The van der Waals surface area contributed by atoms with Gasteiger partial charge in [-0.2, -0.15) is 0 Å². The van der Waals surface area contributed by atoms with E-state index in [9.17, 15) is 9.59 Å². The zero-order valence-electron chi connectivity index (χ0n) is 14.3. The summed E-state index contributed by atoms with van der Waals surface area (Å²) in [6.45, 7) is 4.56. The number of piperidine rings is 1. The molecule has 0 saturated carbocycles. The van der Waals surface area contributed by atoms with Crippen LogP contribution in [0.2, 0.25) is 0 Å². The maximum absolute atomic E-state index is 13.0. The van der Waals surface area contributed by atoms with E-state index in [2.05, 4.69) is 42.6 Å². The second-order valence-corrected chi connectivity index (χ2v) is 7.52. The number of H-pyrrole nitrogens is 1. The molecule has 2 atom stereocenters. The monoisotopic (exact) mass is 448 g/mol. The van der Waals surface area contributed by atoms with Crippen molar-refractivity contribution in [1.29, 1.82) is 0 Å². The van der Waals surface area contributed by atoms with Crippen LogP contribution in [0.5, 0.6) is 0 Å². The summed E-state index contributed by atoms with van der Waals surface area (Å²) in [7, 11) is 1.30. The Bertz CT molecular complexity index is 575. The lowest BCUT2D eigenvalue weighted by Gasteiger charge is -2.38. The van der Waals surface area contributed by atoms with Gasteiger partial charge in [-0.25, -0.2) is 9.78 Å². The molecular weight excluding hydrogens is 423 g/mol. The first-order valence-electron chi connectivity index (χ1n) is 8.27. The number of hydrogen-bond donors (Lipinski definition) is 2. The Kier molecular flexibility index (Phi) is 6.88. The third-order valence-electron chi connectivity index (χ3n) is 4.33.